The van der Waals surface area contributed by atoms with Gasteiger partial charge in [-0.15, -0.1) is 0 Å². The molecule has 118 valence electrons. The monoisotopic (exact) mass is 293 g/mol. The van der Waals surface area contributed by atoms with E-state index in [4.69, 9.17) is 10.1 Å². The smallest absolute Gasteiger partial charge is 0.137 e. The standard InChI is InChI=1S/C15H27N5O/c1-4-13-17-14(16-3)12(2)15(18-13)20-7-5-6-19(8-9-20)10-11-21/h21H,4-11H2,1-3H3,(H,16,17,18). The summed E-state index contributed by atoms with van der Waals surface area (Å²) in [6.45, 7) is 9.13. The van der Waals surface area contributed by atoms with Gasteiger partial charge in [-0.1, -0.05) is 6.92 Å². The highest BCUT2D eigenvalue weighted by molar-refractivity contribution is 5.58. The molecule has 6 nitrogen and oxygen atoms in total. The summed E-state index contributed by atoms with van der Waals surface area (Å²) in [4.78, 5) is 14.0. The zero-order chi connectivity index (χ0) is 15.2. The predicted molar refractivity (Wildman–Crippen MR) is 86.0 cm³/mol. The van der Waals surface area contributed by atoms with Crippen molar-refractivity contribution in [2.75, 3.05) is 56.6 Å². The summed E-state index contributed by atoms with van der Waals surface area (Å²) >= 11 is 0. The fraction of sp³-hybridized carbons (Fsp3) is 0.733. The maximum Gasteiger partial charge on any atom is 0.137 e. The fourth-order valence-electron chi connectivity index (χ4n) is 2.81. The fourth-order valence-corrected chi connectivity index (χ4v) is 2.81. The Morgan fingerprint density at radius 2 is 2.00 bits per heavy atom. The van der Waals surface area contributed by atoms with Gasteiger partial charge in [0.15, 0.2) is 0 Å². The molecular weight excluding hydrogens is 266 g/mol. The maximum absolute atomic E-state index is 9.09. The van der Waals surface area contributed by atoms with Crippen LogP contribution in [0.25, 0.3) is 0 Å². The molecule has 0 aliphatic carbocycles. The van der Waals surface area contributed by atoms with Crippen LogP contribution < -0.4 is 10.2 Å². The summed E-state index contributed by atoms with van der Waals surface area (Å²) in [5.41, 5.74) is 1.12. The van der Waals surface area contributed by atoms with Crippen molar-refractivity contribution < 1.29 is 5.11 Å². The second-order valence-electron chi connectivity index (χ2n) is 5.45. The van der Waals surface area contributed by atoms with Crippen molar-refractivity contribution in [1.82, 2.24) is 14.9 Å². The minimum absolute atomic E-state index is 0.233. The number of aryl methyl sites for hydroxylation is 1. The summed E-state index contributed by atoms with van der Waals surface area (Å²) < 4.78 is 0. The summed E-state index contributed by atoms with van der Waals surface area (Å²) in [6.07, 6.45) is 1.94. The number of aromatic nitrogens is 2. The molecule has 1 aliphatic heterocycles. The van der Waals surface area contributed by atoms with Gasteiger partial charge in [-0.3, -0.25) is 4.90 Å². The minimum atomic E-state index is 0.233. The molecule has 1 saturated heterocycles. The third-order valence-electron chi connectivity index (χ3n) is 4.02. The molecule has 1 fully saturated rings. The third-order valence-corrected chi connectivity index (χ3v) is 4.02. The second-order valence-corrected chi connectivity index (χ2v) is 5.45. The molecule has 6 heteroatoms. The van der Waals surface area contributed by atoms with Crippen LogP contribution in [-0.2, 0) is 6.42 Å². The number of aliphatic hydroxyl groups is 1. The van der Waals surface area contributed by atoms with E-state index >= 15 is 0 Å². The van der Waals surface area contributed by atoms with Crippen LogP contribution in [0.3, 0.4) is 0 Å². The molecule has 1 aromatic heterocycles. The first-order chi connectivity index (χ1) is 10.2. The second kappa shape index (κ2) is 7.56. The Bertz CT molecular complexity index is 466. The Hall–Kier alpha value is -1.40. The lowest BCUT2D eigenvalue weighted by atomic mass is 10.2. The number of hydrogen-bond donors (Lipinski definition) is 2. The molecule has 0 aromatic carbocycles. The van der Waals surface area contributed by atoms with Crippen molar-refractivity contribution >= 4 is 11.6 Å². The average Bonchev–Trinajstić information content (AvgIpc) is 2.73. The van der Waals surface area contributed by atoms with E-state index in [0.29, 0.717) is 0 Å². The molecule has 1 aliphatic rings. The first-order valence-electron chi connectivity index (χ1n) is 7.83. The lowest BCUT2D eigenvalue weighted by molar-refractivity contribution is 0.204. The molecule has 0 bridgehead atoms. The molecule has 2 heterocycles. The molecule has 2 N–H and O–H groups in total. The zero-order valence-electron chi connectivity index (χ0n) is 13.4. The van der Waals surface area contributed by atoms with Crippen LogP contribution in [0.1, 0.15) is 24.7 Å². The minimum Gasteiger partial charge on any atom is -0.395 e. The largest absolute Gasteiger partial charge is 0.395 e. The van der Waals surface area contributed by atoms with Crippen LogP contribution in [-0.4, -0.2) is 66.4 Å². The van der Waals surface area contributed by atoms with Crippen molar-refractivity contribution in [3.8, 4) is 0 Å². The number of nitrogens with one attached hydrogen (secondary N) is 1. The van der Waals surface area contributed by atoms with Crippen molar-refractivity contribution in [3.05, 3.63) is 11.4 Å². The van der Waals surface area contributed by atoms with Crippen LogP contribution >= 0.6 is 0 Å². The summed E-state index contributed by atoms with van der Waals surface area (Å²) in [5.74, 6) is 2.86. The molecule has 0 amide bonds. The highest BCUT2D eigenvalue weighted by Gasteiger charge is 2.19. The van der Waals surface area contributed by atoms with Crippen molar-refractivity contribution in [2.45, 2.75) is 26.7 Å². The number of aliphatic hydroxyl groups excluding tert-OH is 1. The van der Waals surface area contributed by atoms with Crippen LogP contribution in [0.5, 0.6) is 0 Å². The van der Waals surface area contributed by atoms with Gasteiger partial charge in [0, 0.05) is 45.2 Å². The van der Waals surface area contributed by atoms with E-state index in [2.05, 4.69) is 33.9 Å². The number of β-amino-alcohol motifs (C(OH)–C–C–N with tert-alkyl or cyclic N) is 1. The first kappa shape index (κ1) is 16.0. The lowest BCUT2D eigenvalue weighted by Crippen LogP contribution is -2.33. The zero-order valence-corrected chi connectivity index (χ0v) is 13.4. The van der Waals surface area contributed by atoms with E-state index < -0.39 is 0 Å². The predicted octanol–water partition coefficient (Wildman–Crippen LogP) is 0.894. The Morgan fingerprint density at radius 1 is 1.19 bits per heavy atom. The quantitative estimate of drug-likeness (QED) is 0.841. The maximum atomic E-state index is 9.09. The molecule has 0 unspecified atom stereocenters. The average molecular weight is 293 g/mol. The SMILES string of the molecule is CCc1nc(NC)c(C)c(N2CCCN(CCO)CC2)n1. The van der Waals surface area contributed by atoms with Crippen LogP contribution in [0.15, 0.2) is 0 Å². The van der Waals surface area contributed by atoms with Gasteiger partial charge >= 0.3 is 0 Å². The topological polar surface area (TPSA) is 64.5 Å². The summed E-state index contributed by atoms with van der Waals surface area (Å²) in [7, 11) is 1.91. The molecule has 1 aromatic rings. The summed E-state index contributed by atoms with van der Waals surface area (Å²) in [6, 6.07) is 0. The van der Waals surface area contributed by atoms with E-state index in [9.17, 15) is 0 Å². The van der Waals surface area contributed by atoms with Crippen LogP contribution in [0.2, 0.25) is 0 Å². The Morgan fingerprint density at radius 3 is 2.67 bits per heavy atom. The first-order valence-corrected chi connectivity index (χ1v) is 7.83. The van der Waals surface area contributed by atoms with Gasteiger partial charge in [0.05, 0.1) is 6.61 Å². The van der Waals surface area contributed by atoms with E-state index in [1.807, 2.05) is 7.05 Å². The van der Waals surface area contributed by atoms with Crippen LogP contribution in [0, 0.1) is 6.92 Å². The van der Waals surface area contributed by atoms with Gasteiger partial charge in [-0.2, -0.15) is 0 Å². The number of rotatable bonds is 5. The molecule has 0 saturated carbocycles. The van der Waals surface area contributed by atoms with E-state index in [-0.39, 0.29) is 6.61 Å². The number of hydrogen-bond acceptors (Lipinski definition) is 6. The van der Waals surface area contributed by atoms with Gasteiger partial charge in [-0.05, 0) is 19.9 Å². The molecule has 21 heavy (non-hydrogen) atoms. The number of anilines is 2. The van der Waals surface area contributed by atoms with Gasteiger partial charge in [0.2, 0.25) is 0 Å². The normalized spacial score (nSPS) is 16.9. The molecule has 2 rings (SSSR count). The van der Waals surface area contributed by atoms with Crippen molar-refractivity contribution in [2.24, 2.45) is 0 Å². The van der Waals surface area contributed by atoms with E-state index in [1.54, 1.807) is 0 Å². The molecular formula is C15H27N5O. The van der Waals surface area contributed by atoms with Gasteiger partial charge in [0.1, 0.15) is 17.5 Å². The lowest BCUT2D eigenvalue weighted by Gasteiger charge is -2.25. The van der Waals surface area contributed by atoms with Gasteiger partial charge < -0.3 is 15.3 Å². The van der Waals surface area contributed by atoms with Crippen LogP contribution in [0.4, 0.5) is 11.6 Å². The Balaban J connectivity index is 2.20. The Kier molecular flexibility index (Phi) is 5.76. The van der Waals surface area contributed by atoms with E-state index in [0.717, 1.165) is 68.6 Å². The van der Waals surface area contributed by atoms with Crippen molar-refractivity contribution in [1.29, 1.82) is 0 Å². The summed E-state index contributed by atoms with van der Waals surface area (Å²) in [5, 5.41) is 12.3. The highest BCUT2D eigenvalue weighted by atomic mass is 16.3. The highest BCUT2D eigenvalue weighted by Crippen LogP contribution is 2.24. The molecule has 0 spiro atoms. The third kappa shape index (κ3) is 3.83. The van der Waals surface area contributed by atoms with Gasteiger partial charge in [0.25, 0.3) is 0 Å². The number of nitrogens with zero attached hydrogens (tertiary/aromatic N) is 4. The molecule has 0 radical (unpaired) electrons. The van der Waals surface area contributed by atoms with Gasteiger partial charge in [-0.25, -0.2) is 9.97 Å². The van der Waals surface area contributed by atoms with E-state index in [1.165, 1.54) is 0 Å². The molecule has 0 atom stereocenters. The van der Waals surface area contributed by atoms with Crippen molar-refractivity contribution in [3.63, 3.8) is 0 Å². The Labute approximate surface area is 127 Å².